The Morgan fingerprint density at radius 3 is 2.45 bits per heavy atom. The fraction of sp³-hybridized carbons (Fsp3) is 0.333. The van der Waals surface area contributed by atoms with Gasteiger partial charge in [0.05, 0.1) is 11.4 Å². The molecule has 2 aromatic rings. The number of aryl methyl sites for hydroxylation is 4. The molecule has 0 aliphatic carbocycles. The van der Waals surface area contributed by atoms with Crippen LogP contribution in [0.5, 0.6) is 0 Å². The first-order valence-corrected chi connectivity index (χ1v) is 6.66. The molecule has 1 aromatic carbocycles. The van der Waals surface area contributed by atoms with E-state index in [9.17, 15) is 4.79 Å². The van der Waals surface area contributed by atoms with Crippen LogP contribution in [0.15, 0.2) is 18.2 Å². The number of amides is 1. The van der Waals surface area contributed by atoms with E-state index < -0.39 is 0 Å². The van der Waals surface area contributed by atoms with E-state index in [2.05, 4.69) is 10.4 Å². The maximum atomic E-state index is 12.5. The fourth-order valence-corrected chi connectivity index (χ4v) is 2.25. The van der Waals surface area contributed by atoms with Crippen molar-refractivity contribution < 1.29 is 4.79 Å². The third-order valence-corrected chi connectivity index (χ3v) is 3.41. The molecule has 0 aliphatic rings. The molecule has 0 spiro atoms. The fourth-order valence-electron chi connectivity index (χ4n) is 2.25. The summed E-state index contributed by atoms with van der Waals surface area (Å²) in [5, 5.41) is 7.21. The van der Waals surface area contributed by atoms with Gasteiger partial charge in [-0.1, -0.05) is 18.2 Å². The van der Waals surface area contributed by atoms with E-state index in [4.69, 9.17) is 5.73 Å². The third kappa shape index (κ3) is 2.39. The van der Waals surface area contributed by atoms with Gasteiger partial charge in [0.1, 0.15) is 5.69 Å². The van der Waals surface area contributed by atoms with Crippen LogP contribution in [0.25, 0.3) is 0 Å². The average molecular weight is 272 g/mol. The molecule has 0 fully saturated rings. The summed E-state index contributed by atoms with van der Waals surface area (Å²) in [6, 6.07) is 5.90. The van der Waals surface area contributed by atoms with Crippen LogP contribution in [0.4, 0.5) is 11.4 Å². The van der Waals surface area contributed by atoms with Gasteiger partial charge in [-0.2, -0.15) is 5.10 Å². The molecule has 0 unspecified atom stereocenters. The molecule has 1 aromatic heterocycles. The van der Waals surface area contributed by atoms with Crippen LogP contribution < -0.4 is 11.1 Å². The van der Waals surface area contributed by atoms with Crippen molar-refractivity contribution in [1.82, 2.24) is 9.78 Å². The first kappa shape index (κ1) is 14.1. The van der Waals surface area contributed by atoms with Crippen molar-refractivity contribution in [2.24, 2.45) is 0 Å². The van der Waals surface area contributed by atoms with E-state index in [1.165, 1.54) is 0 Å². The second kappa shape index (κ2) is 5.36. The van der Waals surface area contributed by atoms with Crippen LogP contribution in [-0.4, -0.2) is 15.7 Å². The summed E-state index contributed by atoms with van der Waals surface area (Å²) in [5.74, 6) is -0.220. The Morgan fingerprint density at radius 2 is 1.90 bits per heavy atom. The van der Waals surface area contributed by atoms with E-state index in [0.29, 0.717) is 23.6 Å². The number of carbonyl (C=O) groups is 1. The number of nitrogen functional groups attached to an aromatic ring is 1. The highest BCUT2D eigenvalue weighted by Gasteiger charge is 2.20. The molecule has 0 saturated carbocycles. The van der Waals surface area contributed by atoms with E-state index in [-0.39, 0.29) is 5.91 Å². The molecule has 0 atom stereocenters. The van der Waals surface area contributed by atoms with Gasteiger partial charge < -0.3 is 11.1 Å². The van der Waals surface area contributed by atoms with Crippen molar-refractivity contribution in [3.8, 4) is 0 Å². The van der Waals surface area contributed by atoms with Gasteiger partial charge in [0.25, 0.3) is 5.91 Å². The zero-order valence-electron chi connectivity index (χ0n) is 12.3. The first-order valence-electron chi connectivity index (χ1n) is 6.66. The number of hydrogen-bond acceptors (Lipinski definition) is 3. The summed E-state index contributed by atoms with van der Waals surface area (Å²) in [6.07, 6.45) is 0. The van der Waals surface area contributed by atoms with Crippen LogP contribution in [0.3, 0.4) is 0 Å². The zero-order chi connectivity index (χ0) is 14.9. The van der Waals surface area contributed by atoms with E-state index in [1.54, 1.807) is 11.6 Å². The molecule has 0 bridgehead atoms. The first-order chi connectivity index (χ1) is 9.45. The predicted octanol–water partition coefficient (Wildman–Crippen LogP) is 2.66. The standard InChI is InChI=1S/C15H20N4O/c1-5-19-14(12(16)11(4)18-19)15(20)17-13-9(2)7-6-8-10(13)3/h6-8H,5,16H2,1-4H3,(H,17,20). The number of nitrogens with one attached hydrogen (secondary N) is 1. The number of nitrogens with two attached hydrogens (primary N) is 1. The minimum atomic E-state index is -0.220. The SMILES string of the molecule is CCn1nc(C)c(N)c1C(=O)Nc1c(C)cccc1C. The highest BCUT2D eigenvalue weighted by atomic mass is 16.2. The lowest BCUT2D eigenvalue weighted by molar-refractivity contribution is 0.101. The summed E-state index contributed by atoms with van der Waals surface area (Å²) in [4.78, 5) is 12.5. The number of rotatable bonds is 3. The molecule has 0 radical (unpaired) electrons. The summed E-state index contributed by atoms with van der Waals surface area (Å²) in [7, 11) is 0. The van der Waals surface area contributed by atoms with Crippen molar-refractivity contribution in [1.29, 1.82) is 0 Å². The van der Waals surface area contributed by atoms with Gasteiger partial charge in [0, 0.05) is 12.2 Å². The van der Waals surface area contributed by atoms with Crippen molar-refractivity contribution in [2.75, 3.05) is 11.1 Å². The molecule has 20 heavy (non-hydrogen) atoms. The van der Waals surface area contributed by atoms with Crippen LogP contribution in [-0.2, 0) is 6.54 Å². The monoisotopic (exact) mass is 272 g/mol. The predicted molar refractivity (Wildman–Crippen MR) is 80.9 cm³/mol. The molecule has 0 aliphatic heterocycles. The van der Waals surface area contributed by atoms with Gasteiger partial charge >= 0.3 is 0 Å². The zero-order valence-corrected chi connectivity index (χ0v) is 12.3. The normalized spacial score (nSPS) is 10.6. The Hall–Kier alpha value is -2.30. The molecule has 0 saturated heterocycles. The number of hydrogen-bond donors (Lipinski definition) is 2. The Bertz CT molecular complexity index is 638. The van der Waals surface area contributed by atoms with E-state index >= 15 is 0 Å². The Balaban J connectivity index is 2.38. The van der Waals surface area contributed by atoms with Gasteiger partial charge in [-0.25, -0.2) is 0 Å². The van der Waals surface area contributed by atoms with E-state index in [1.807, 2.05) is 39.0 Å². The van der Waals surface area contributed by atoms with Crippen LogP contribution in [0.2, 0.25) is 0 Å². The molecule has 5 nitrogen and oxygen atoms in total. The Morgan fingerprint density at radius 1 is 1.30 bits per heavy atom. The van der Waals surface area contributed by atoms with Crippen molar-refractivity contribution in [2.45, 2.75) is 34.2 Å². The van der Waals surface area contributed by atoms with Crippen molar-refractivity contribution in [3.63, 3.8) is 0 Å². The van der Waals surface area contributed by atoms with Gasteiger partial charge in [0.15, 0.2) is 0 Å². The number of anilines is 2. The van der Waals surface area contributed by atoms with Gasteiger partial charge in [-0.3, -0.25) is 9.48 Å². The number of benzene rings is 1. The van der Waals surface area contributed by atoms with Gasteiger partial charge in [-0.15, -0.1) is 0 Å². The third-order valence-electron chi connectivity index (χ3n) is 3.41. The molecule has 1 amide bonds. The molecular weight excluding hydrogens is 252 g/mol. The maximum Gasteiger partial charge on any atom is 0.276 e. The van der Waals surface area contributed by atoms with Crippen molar-refractivity contribution >= 4 is 17.3 Å². The number of carbonyl (C=O) groups excluding carboxylic acids is 1. The lowest BCUT2D eigenvalue weighted by Crippen LogP contribution is -2.19. The number of aromatic nitrogens is 2. The maximum absolute atomic E-state index is 12.5. The molecule has 1 heterocycles. The summed E-state index contributed by atoms with van der Waals surface area (Å²) in [5.41, 5.74) is 10.4. The quantitative estimate of drug-likeness (QED) is 0.902. The number of nitrogens with zero attached hydrogens (tertiary/aromatic N) is 2. The lowest BCUT2D eigenvalue weighted by atomic mass is 10.1. The molecule has 5 heteroatoms. The summed E-state index contributed by atoms with van der Waals surface area (Å²) in [6.45, 7) is 8.27. The van der Waals surface area contributed by atoms with Gasteiger partial charge in [-0.05, 0) is 38.8 Å². The summed E-state index contributed by atoms with van der Waals surface area (Å²) >= 11 is 0. The largest absolute Gasteiger partial charge is 0.395 e. The minimum Gasteiger partial charge on any atom is -0.395 e. The molecule has 106 valence electrons. The second-order valence-electron chi connectivity index (χ2n) is 4.88. The van der Waals surface area contributed by atoms with Crippen LogP contribution >= 0.6 is 0 Å². The molecule has 2 rings (SSSR count). The minimum absolute atomic E-state index is 0.220. The second-order valence-corrected chi connectivity index (χ2v) is 4.88. The summed E-state index contributed by atoms with van der Waals surface area (Å²) < 4.78 is 1.63. The smallest absolute Gasteiger partial charge is 0.276 e. The Labute approximate surface area is 118 Å². The highest BCUT2D eigenvalue weighted by molar-refractivity contribution is 6.07. The number of para-hydroxylation sites is 1. The van der Waals surface area contributed by atoms with Crippen LogP contribution in [0.1, 0.15) is 34.2 Å². The van der Waals surface area contributed by atoms with Crippen LogP contribution in [0, 0.1) is 20.8 Å². The van der Waals surface area contributed by atoms with Gasteiger partial charge in [0.2, 0.25) is 0 Å². The molecular formula is C15H20N4O. The molecule has 3 N–H and O–H groups in total. The van der Waals surface area contributed by atoms with E-state index in [0.717, 1.165) is 16.8 Å². The Kier molecular flexibility index (Phi) is 3.79. The average Bonchev–Trinajstić information content (AvgIpc) is 2.69. The topological polar surface area (TPSA) is 72.9 Å². The van der Waals surface area contributed by atoms with Crippen molar-refractivity contribution in [3.05, 3.63) is 40.7 Å². The highest BCUT2D eigenvalue weighted by Crippen LogP contribution is 2.22. The lowest BCUT2D eigenvalue weighted by Gasteiger charge is -2.12.